The van der Waals surface area contributed by atoms with Crippen molar-refractivity contribution in [3.8, 4) is 5.75 Å². The number of rotatable bonds is 5. The molecule has 0 fully saturated rings. The van der Waals surface area contributed by atoms with Crippen LogP contribution in [0.1, 0.15) is 13.3 Å². The molecule has 2 N–H and O–H groups in total. The van der Waals surface area contributed by atoms with E-state index in [9.17, 15) is 8.42 Å². The number of sulfonamides is 1. The number of benzene rings is 1. The van der Waals surface area contributed by atoms with Gasteiger partial charge in [-0.25, -0.2) is 8.42 Å². The zero-order chi connectivity index (χ0) is 14.6. The van der Waals surface area contributed by atoms with Gasteiger partial charge in [-0.1, -0.05) is 23.8 Å². The minimum atomic E-state index is -3.27. The number of para-hydroxylation sites is 2. The van der Waals surface area contributed by atoms with E-state index in [0.29, 0.717) is 24.5 Å². The molecule has 1 heterocycles. The van der Waals surface area contributed by atoms with Crippen molar-refractivity contribution in [2.45, 2.75) is 13.3 Å². The molecule has 0 radical (unpaired) electrons. The van der Waals surface area contributed by atoms with Gasteiger partial charge in [-0.05, 0) is 25.5 Å². The molecule has 0 bridgehead atoms. The minimum Gasteiger partial charge on any atom is -0.490 e. The maximum atomic E-state index is 12.2. The highest BCUT2D eigenvalue weighted by molar-refractivity contribution is 7.89. The third-order valence-electron chi connectivity index (χ3n) is 3.31. The summed E-state index contributed by atoms with van der Waals surface area (Å²) in [7, 11) is -3.27. The third kappa shape index (κ3) is 3.74. The van der Waals surface area contributed by atoms with Crippen LogP contribution >= 0.6 is 0 Å². The van der Waals surface area contributed by atoms with Gasteiger partial charge in [-0.15, -0.1) is 0 Å². The Labute approximate surface area is 120 Å². The Bertz CT molecular complexity index is 596. The number of anilines is 1. The zero-order valence-electron chi connectivity index (χ0n) is 11.6. The summed E-state index contributed by atoms with van der Waals surface area (Å²) in [5, 5.41) is 0. The smallest absolute Gasteiger partial charge is 0.217 e. The summed E-state index contributed by atoms with van der Waals surface area (Å²) < 4.78 is 31.2. The van der Waals surface area contributed by atoms with Gasteiger partial charge in [0.25, 0.3) is 0 Å². The van der Waals surface area contributed by atoms with E-state index in [0.717, 1.165) is 6.42 Å². The Morgan fingerprint density at radius 3 is 2.75 bits per heavy atom. The number of nitrogens with zero attached hydrogens (tertiary/aromatic N) is 1. The second-order valence-corrected chi connectivity index (χ2v) is 6.95. The number of ether oxygens (including phenoxy) is 1. The predicted molar refractivity (Wildman–Crippen MR) is 80.1 cm³/mol. The maximum Gasteiger partial charge on any atom is 0.217 e. The summed E-state index contributed by atoms with van der Waals surface area (Å²) in [5.74, 6) is 0.492. The highest BCUT2D eigenvalue weighted by Gasteiger charge is 2.23. The molecule has 1 aromatic rings. The zero-order valence-corrected chi connectivity index (χ0v) is 12.4. The molecule has 0 saturated heterocycles. The summed E-state index contributed by atoms with van der Waals surface area (Å²) >= 11 is 0. The van der Waals surface area contributed by atoms with Gasteiger partial charge in [-0.2, -0.15) is 4.31 Å². The monoisotopic (exact) mass is 296 g/mol. The Kier molecular flexibility index (Phi) is 4.67. The van der Waals surface area contributed by atoms with Crippen LogP contribution in [0, 0.1) is 0 Å². The number of nitrogens with two attached hydrogens (primary N) is 1. The second-order valence-electron chi connectivity index (χ2n) is 4.86. The van der Waals surface area contributed by atoms with E-state index in [2.05, 4.69) is 0 Å². The molecule has 1 aliphatic heterocycles. The van der Waals surface area contributed by atoms with Crippen molar-refractivity contribution in [1.29, 1.82) is 0 Å². The van der Waals surface area contributed by atoms with Gasteiger partial charge in [0.1, 0.15) is 12.4 Å². The molecule has 6 heteroatoms. The lowest BCUT2D eigenvalue weighted by Gasteiger charge is -2.24. The first-order valence-corrected chi connectivity index (χ1v) is 8.21. The van der Waals surface area contributed by atoms with Crippen molar-refractivity contribution in [2.24, 2.45) is 0 Å². The molecular weight excluding hydrogens is 276 g/mol. The fourth-order valence-corrected chi connectivity index (χ4v) is 3.23. The summed E-state index contributed by atoms with van der Waals surface area (Å²) in [4.78, 5) is 0. The number of hydrogen-bond acceptors (Lipinski definition) is 4. The molecule has 110 valence electrons. The van der Waals surface area contributed by atoms with Crippen molar-refractivity contribution < 1.29 is 13.2 Å². The molecule has 5 nitrogen and oxygen atoms in total. The molecule has 0 amide bonds. The van der Waals surface area contributed by atoms with E-state index in [1.165, 1.54) is 9.88 Å². The number of hydrogen-bond donors (Lipinski definition) is 1. The van der Waals surface area contributed by atoms with Crippen LogP contribution in [0.15, 0.2) is 35.9 Å². The number of nitrogen functional groups attached to an aromatic ring is 1. The van der Waals surface area contributed by atoms with Gasteiger partial charge >= 0.3 is 0 Å². The summed E-state index contributed by atoms with van der Waals surface area (Å²) in [6.07, 6.45) is 2.75. The molecule has 0 saturated carbocycles. The highest BCUT2D eigenvalue weighted by Crippen LogP contribution is 2.20. The first-order valence-electron chi connectivity index (χ1n) is 6.60. The van der Waals surface area contributed by atoms with Crippen LogP contribution in [0.3, 0.4) is 0 Å². The lowest BCUT2D eigenvalue weighted by Crippen LogP contribution is -2.37. The quantitative estimate of drug-likeness (QED) is 0.662. The SMILES string of the molecule is CC1=CCN(S(=O)(=O)CCOc2ccccc2N)CC1. The topological polar surface area (TPSA) is 72.6 Å². The average Bonchev–Trinajstić information content (AvgIpc) is 2.41. The molecular formula is C14H20N2O3S. The summed E-state index contributed by atoms with van der Waals surface area (Å²) in [6.45, 7) is 3.14. The normalized spacial score (nSPS) is 16.8. The van der Waals surface area contributed by atoms with E-state index in [1.807, 2.05) is 13.0 Å². The largest absolute Gasteiger partial charge is 0.490 e. The molecule has 1 aliphatic rings. The second kappa shape index (κ2) is 6.28. The van der Waals surface area contributed by atoms with Crippen LogP contribution < -0.4 is 10.5 Å². The predicted octanol–water partition coefficient (Wildman–Crippen LogP) is 1.63. The van der Waals surface area contributed by atoms with Crippen molar-refractivity contribution >= 4 is 15.7 Å². The standard InChI is InChI=1S/C14H20N2O3S/c1-12-6-8-16(9-7-12)20(17,18)11-10-19-14-5-3-2-4-13(14)15/h2-6H,7-11,15H2,1H3. The Hall–Kier alpha value is -1.53. The molecule has 0 aliphatic carbocycles. The maximum absolute atomic E-state index is 12.2. The van der Waals surface area contributed by atoms with Gasteiger partial charge in [0.15, 0.2) is 0 Å². The van der Waals surface area contributed by atoms with Crippen LogP contribution in [0.2, 0.25) is 0 Å². The molecule has 0 aromatic heterocycles. The van der Waals surface area contributed by atoms with E-state index in [4.69, 9.17) is 10.5 Å². The van der Waals surface area contributed by atoms with Gasteiger partial charge < -0.3 is 10.5 Å². The van der Waals surface area contributed by atoms with E-state index in [1.54, 1.807) is 24.3 Å². The van der Waals surface area contributed by atoms with Gasteiger partial charge in [0.2, 0.25) is 10.0 Å². The van der Waals surface area contributed by atoms with Crippen LogP contribution in [0.5, 0.6) is 5.75 Å². The van der Waals surface area contributed by atoms with Crippen LogP contribution in [-0.2, 0) is 10.0 Å². The Balaban J connectivity index is 1.89. The third-order valence-corrected chi connectivity index (χ3v) is 5.11. The lowest BCUT2D eigenvalue weighted by molar-refractivity contribution is 0.336. The fraction of sp³-hybridized carbons (Fsp3) is 0.429. The average molecular weight is 296 g/mol. The van der Waals surface area contributed by atoms with Crippen molar-refractivity contribution in [2.75, 3.05) is 31.2 Å². The van der Waals surface area contributed by atoms with Crippen molar-refractivity contribution in [1.82, 2.24) is 4.31 Å². The first kappa shape index (κ1) is 14.9. The Morgan fingerprint density at radius 2 is 2.10 bits per heavy atom. The van der Waals surface area contributed by atoms with E-state index < -0.39 is 10.0 Å². The molecule has 0 unspecified atom stereocenters. The van der Waals surface area contributed by atoms with Crippen LogP contribution in [0.4, 0.5) is 5.69 Å². The van der Waals surface area contributed by atoms with Gasteiger partial charge in [-0.3, -0.25) is 0 Å². The highest BCUT2D eigenvalue weighted by atomic mass is 32.2. The molecule has 20 heavy (non-hydrogen) atoms. The summed E-state index contributed by atoms with van der Waals surface area (Å²) in [5.41, 5.74) is 7.49. The molecule has 1 aromatic carbocycles. The molecule has 0 spiro atoms. The van der Waals surface area contributed by atoms with E-state index >= 15 is 0 Å². The minimum absolute atomic E-state index is 0.0335. The van der Waals surface area contributed by atoms with Gasteiger partial charge in [0, 0.05) is 13.1 Å². The van der Waals surface area contributed by atoms with E-state index in [-0.39, 0.29) is 12.4 Å². The summed E-state index contributed by atoms with van der Waals surface area (Å²) in [6, 6.07) is 7.07. The first-order chi connectivity index (χ1) is 9.49. The van der Waals surface area contributed by atoms with Crippen LogP contribution in [0.25, 0.3) is 0 Å². The van der Waals surface area contributed by atoms with Gasteiger partial charge in [0.05, 0.1) is 11.4 Å². The fourth-order valence-electron chi connectivity index (χ4n) is 2.00. The van der Waals surface area contributed by atoms with Crippen LogP contribution in [-0.4, -0.2) is 38.2 Å². The molecule has 0 atom stereocenters. The molecule has 2 rings (SSSR count). The Morgan fingerprint density at radius 1 is 1.35 bits per heavy atom. The van der Waals surface area contributed by atoms with Crippen molar-refractivity contribution in [3.05, 3.63) is 35.9 Å². The van der Waals surface area contributed by atoms with Crippen molar-refractivity contribution in [3.63, 3.8) is 0 Å². The lowest BCUT2D eigenvalue weighted by atomic mass is 10.1.